The Morgan fingerprint density at radius 3 is 0.881 bits per heavy atom. The van der Waals surface area contributed by atoms with E-state index in [1.165, 1.54) is 55.4 Å². The summed E-state index contributed by atoms with van der Waals surface area (Å²) in [6.45, 7) is 17.3. The predicted molar refractivity (Wildman–Crippen MR) is 306 cm³/mol. The molecular formula is C58H104N2O24+2. The monoisotopic (exact) mass is 1210 g/mol. The molecule has 1 rings (SSSR count). The fourth-order valence-corrected chi connectivity index (χ4v) is 5.78. The van der Waals surface area contributed by atoms with E-state index in [1.807, 2.05) is 30.3 Å². The van der Waals surface area contributed by atoms with Crippen LogP contribution in [0.2, 0.25) is 0 Å². The number of ether oxygens (including phenoxy) is 11. The zero-order chi connectivity index (χ0) is 66.0. The minimum Gasteiger partial charge on any atom is -0.465 e. The van der Waals surface area contributed by atoms with Gasteiger partial charge in [0, 0.05) is 54.8 Å². The zero-order valence-electron chi connectivity index (χ0n) is 53.7. The number of methoxy groups -OCH3 is 2. The second kappa shape index (κ2) is 43.7. The molecule has 26 heteroatoms. The summed E-state index contributed by atoms with van der Waals surface area (Å²) >= 11 is 0. The normalized spacial score (nSPS) is 13.8. The number of rotatable bonds is 33. The van der Waals surface area contributed by atoms with Crippen LogP contribution in [0, 0.1) is 27.1 Å². The second-order valence-electron chi connectivity index (χ2n) is 22.9. The standard InChI is InChI=1S/C14H20O4.2C13H26NO5.2C9H16O5/c1-14(10-16-2,11-17-3)13(15)18-9-12-7-5-4-6-8-12;2*1-11(16)19-10-13(2,9-15)12(17)18-8-6-7-14(3,4)5;2*1-4-13-8(12)9(3,5-10)6-14-7(2)11/h4-8H,9-11H2,1-3H3;2*15H,6-10H2,1-5H3;2*10H,4-6H2,1-3H3/q;2*+1;;. The molecule has 0 radical (unpaired) electrons. The van der Waals surface area contributed by atoms with Crippen molar-refractivity contribution in [3.05, 3.63) is 35.9 Å². The third-order valence-corrected chi connectivity index (χ3v) is 11.3. The van der Waals surface area contributed by atoms with Crippen LogP contribution in [0.25, 0.3) is 0 Å². The molecule has 0 aliphatic heterocycles. The lowest BCUT2D eigenvalue weighted by atomic mass is 9.93. The molecule has 1 aromatic rings. The number of esters is 9. The molecule has 0 saturated heterocycles. The summed E-state index contributed by atoms with van der Waals surface area (Å²) < 4.78 is 55.6. The number of nitrogens with zero attached hydrogens (tertiary/aromatic N) is 2. The number of hydrogen-bond acceptors (Lipinski definition) is 24. The maximum absolute atomic E-state index is 12.0. The van der Waals surface area contributed by atoms with E-state index in [0.717, 1.165) is 40.5 Å². The van der Waals surface area contributed by atoms with E-state index < -0.39 is 101 Å². The van der Waals surface area contributed by atoms with Gasteiger partial charge >= 0.3 is 53.7 Å². The smallest absolute Gasteiger partial charge is 0.317 e. The summed E-state index contributed by atoms with van der Waals surface area (Å²) in [5.41, 5.74) is -4.52. The molecule has 26 nitrogen and oxygen atoms in total. The molecule has 4 atom stereocenters. The van der Waals surface area contributed by atoms with Crippen molar-refractivity contribution in [3.8, 4) is 0 Å². The molecule has 0 aliphatic rings. The van der Waals surface area contributed by atoms with Crippen LogP contribution in [0.4, 0.5) is 0 Å². The molecule has 84 heavy (non-hydrogen) atoms. The number of aliphatic hydroxyl groups excluding tert-OH is 4. The Kier molecular flexibility index (Phi) is 44.0. The van der Waals surface area contributed by atoms with E-state index in [4.69, 9.17) is 52.8 Å². The van der Waals surface area contributed by atoms with Crippen molar-refractivity contribution in [3.63, 3.8) is 0 Å². The SMILES string of the molecule is CC(=O)OCC(C)(CO)C(=O)OCCC[N+](C)(C)C.CC(=O)OCC(C)(CO)C(=O)OCCC[N+](C)(C)C.CCOC(=O)C(C)(CO)COC(C)=O.CCOC(=O)C(C)(CO)COC(C)=O.COCC(C)(COC)C(=O)OCc1ccccc1. The van der Waals surface area contributed by atoms with Crippen LogP contribution in [0.3, 0.4) is 0 Å². The van der Waals surface area contributed by atoms with Crippen LogP contribution in [-0.2, 0) is 102 Å². The molecule has 0 spiro atoms. The molecule has 0 saturated carbocycles. The molecule has 488 valence electrons. The third-order valence-electron chi connectivity index (χ3n) is 11.3. The van der Waals surface area contributed by atoms with Crippen molar-refractivity contribution < 1.29 is 125 Å². The largest absolute Gasteiger partial charge is 0.465 e. The fourth-order valence-electron chi connectivity index (χ4n) is 5.78. The first-order chi connectivity index (χ1) is 38.7. The Hall–Kier alpha value is -5.87. The Balaban J connectivity index is -0.000000479. The van der Waals surface area contributed by atoms with Crippen LogP contribution in [0.15, 0.2) is 30.3 Å². The van der Waals surface area contributed by atoms with Crippen LogP contribution >= 0.6 is 0 Å². The molecule has 0 heterocycles. The average Bonchev–Trinajstić information content (AvgIpc) is 3.61. The highest BCUT2D eigenvalue weighted by Crippen LogP contribution is 2.23. The average molecular weight is 1210 g/mol. The Bertz CT molecular complexity index is 1960. The molecule has 1 aromatic carbocycles. The summed E-state index contributed by atoms with van der Waals surface area (Å²) in [6.07, 6.45) is 1.48. The van der Waals surface area contributed by atoms with Crippen molar-refractivity contribution in [2.24, 2.45) is 27.1 Å². The van der Waals surface area contributed by atoms with Crippen LogP contribution in [0.1, 0.15) is 94.6 Å². The number of aliphatic hydroxyl groups is 4. The van der Waals surface area contributed by atoms with Crippen molar-refractivity contribution in [1.29, 1.82) is 0 Å². The highest BCUT2D eigenvalue weighted by atomic mass is 16.6. The molecule has 4 N–H and O–H groups in total. The number of benzene rings is 1. The number of quaternary nitrogens is 2. The van der Waals surface area contributed by atoms with Gasteiger partial charge in [-0.15, -0.1) is 0 Å². The number of carbonyl (C=O) groups excluding carboxylic acids is 9. The van der Waals surface area contributed by atoms with Gasteiger partial charge < -0.3 is 81.5 Å². The van der Waals surface area contributed by atoms with E-state index in [0.29, 0.717) is 13.2 Å². The van der Waals surface area contributed by atoms with E-state index in [1.54, 1.807) is 35.0 Å². The van der Waals surface area contributed by atoms with Gasteiger partial charge in [0.2, 0.25) is 0 Å². The summed E-state index contributed by atoms with van der Waals surface area (Å²) in [7, 11) is 15.4. The van der Waals surface area contributed by atoms with E-state index in [9.17, 15) is 53.4 Å². The molecular weight excluding hydrogens is 1110 g/mol. The van der Waals surface area contributed by atoms with Crippen molar-refractivity contribution >= 4 is 53.7 Å². The van der Waals surface area contributed by atoms with Gasteiger partial charge in [-0.2, -0.15) is 0 Å². The molecule has 0 fully saturated rings. The number of hydrogen-bond donors (Lipinski definition) is 4. The maximum atomic E-state index is 12.0. The quantitative estimate of drug-likeness (QED) is 0.0340. The first-order valence-corrected chi connectivity index (χ1v) is 27.2. The fraction of sp³-hybridized carbons (Fsp3) is 0.741. The van der Waals surface area contributed by atoms with E-state index in [2.05, 4.69) is 51.8 Å². The second-order valence-corrected chi connectivity index (χ2v) is 22.9. The maximum Gasteiger partial charge on any atom is 0.317 e. The summed E-state index contributed by atoms with van der Waals surface area (Å²) in [4.78, 5) is 101. The van der Waals surface area contributed by atoms with Gasteiger partial charge in [0.15, 0.2) is 0 Å². The Morgan fingerprint density at radius 1 is 0.393 bits per heavy atom. The van der Waals surface area contributed by atoms with Gasteiger partial charge in [0.05, 0.1) is 121 Å². The Morgan fingerprint density at radius 2 is 0.655 bits per heavy atom. The van der Waals surface area contributed by atoms with Gasteiger partial charge in [-0.05, 0) is 54.0 Å². The molecule has 0 bridgehead atoms. The van der Waals surface area contributed by atoms with Crippen molar-refractivity contribution in [2.75, 3.05) is 162 Å². The van der Waals surface area contributed by atoms with Gasteiger partial charge in [-0.1, -0.05) is 30.3 Å². The summed E-state index contributed by atoms with van der Waals surface area (Å²) in [6, 6.07) is 9.57. The highest BCUT2D eigenvalue weighted by Gasteiger charge is 2.39. The lowest BCUT2D eigenvalue weighted by Gasteiger charge is -2.26. The minimum absolute atomic E-state index is 0.169. The first kappa shape index (κ1) is 84.6. The lowest BCUT2D eigenvalue weighted by molar-refractivity contribution is -0.870. The van der Waals surface area contributed by atoms with E-state index >= 15 is 0 Å². The molecule has 0 aliphatic carbocycles. The predicted octanol–water partition coefficient (Wildman–Crippen LogP) is 2.63. The van der Waals surface area contributed by atoms with Crippen molar-refractivity contribution in [2.45, 2.75) is 95.6 Å². The van der Waals surface area contributed by atoms with Crippen LogP contribution in [0.5, 0.6) is 0 Å². The van der Waals surface area contributed by atoms with Gasteiger partial charge in [0.1, 0.15) is 60.1 Å². The number of carbonyl (C=O) groups is 9. The zero-order valence-corrected chi connectivity index (χ0v) is 53.7. The van der Waals surface area contributed by atoms with Gasteiger partial charge in [0.25, 0.3) is 0 Å². The van der Waals surface area contributed by atoms with Crippen molar-refractivity contribution in [1.82, 2.24) is 0 Å². The topological polar surface area (TPSA) is 336 Å². The highest BCUT2D eigenvalue weighted by molar-refractivity contribution is 5.79. The van der Waals surface area contributed by atoms with E-state index in [-0.39, 0.29) is 65.4 Å². The third kappa shape index (κ3) is 40.4. The Labute approximate surface area is 497 Å². The summed E-state index contributed by atoms with van der Waals surface area (Å²) in [5.74, 6) is -4.49. The molecule has 0 amide bonds. The first-order valence-electron chi connectivity index (χ1n) is 27.2. The summed E-state index contributed by atoms with van der Waals surface area (Å²) in [5, 5.41) is 36.5. The van der Waals surface area contributed by atoms with Gasteiger partial charge in [-0.25, -0.2) is 0 Å². The van der Waals surface area contributed by atoms with Gasteiger partial charge in [-0.3, -0.25) is 43.2 Å². The minimum atomic E-state index is -1.19. The molecule has 4 unspecified atom stereocenters. The lowest BCUT2D eigenvalue weighted by Crippen LogP contribution is -2.39. The van der Waals surface area contributed by atoms with Crippen LogP contribution < -0.4 is 0 Å². The molecule has 0 aromatic heterocycles. The van der Waals surface area contributed by atoms with Crippen LogP contribution in [-0.4, -0.2) is 245 Å².